The van der Waals surface area contributed by atoms with Crippen LogP contribution in [-0.4, -0.2) is 16.2 Å². The van der Waals surface area contributed by atoms with Crippen LogP contribution in [0.4, 0.5) is 4.39 Å². The summed E-state index contributed by atoms with van der Waals surface area (Å²) in [6.45, 7) is 8.14. The van der Waals surface area contributed by atoms with Crippen molar-refractivity contribution in [1.82, 2.24) is 9.55 Å². The topological polar surface area (TPSA) is 27.1 Å². The van der Waals surface area contributed by atoms with Crippen LogP contribution in [0.5, 0.6) is 5.75 Å². The quantitative estimate of drug-likeness (QED) is 0.303. The number of rotatable bonds is 7. The number of para-hydroxylation sites is 2. The maximum Gasteiger partial charge on any atom is 0.141 e. The van der Waals surface area contributed by atoms with E-state index in [9.17, 15) is 4.39 Å². The summed E-state index contributed by atoms with van der Waals surface area (Å²) in [5.41, 5.74) is 4.43. The summed E-state index contributed by atoms with van der Waals surface area (Å²) in [5, 5.41) is 0. The lowest BCUT2D eigenvalue weighted by Gasteiger charge is -2.19. The Morgan fingerprint density at radius 1 is 0.871 bits per heavy atom. The predicted octanol–water partition coefficient (Wildman–Crippen LogP) is 7.00. The molecule has 3 aromatic carbocycles. The summed E-state index contributed by atoms with van der Waals surface area (Å²) < 4.78 is 21.5. The van der Waals surface area contributed by atoms with Gasteiger partial charge in [0, 0.05) is 12.1 Å². The number of benzene rings is 3. The molecule has 0 N–H and O–H groups in total. The van der Waals surface area contributed by atoms with Gasteiger partial charge >= 0.3 is 0 Å². The Kier molecular flexibility index (Phi) is 6.08. The number of aryl methyl sites for hydroxylation is 1. The third-order valence-electron chi connectivity index (χ3n) is 5.52. The molecule has 0 amide bonds. The Hall–Kier alpha value is -3.14. The molecule has 0 aliphatic heterocycles. The molecule has 0 spiro atoms. The van der Waals surface area contributed by atoms with Gasteiger partial charge < -0.3 is 9.30 Å². The molecule has 0 aliphatic carbocycles. The van der Waals surface area contributed by atoms with Crippen molar-refractivity contribution in [3.05, 3.63) is 84.2 Å². The van der Waals surface area contributed by atoms with Crippen molar-refractivity contribution in [2.45, 2.75) is 45.6 Å². The van der Waals surface area contributed by atoms with Gasteiger partial charge in [-0.1, -0.05) is 45.0 Å². The fourth-order valence-electron chi connectivity index (χ4n) is 3.73. The van der Waals surface area contributed by atoms with Crippen molar-refractivity contribution in [2.24, 2.45) is 0 Å². The number of hydrogen-bond acceptors (Lipinski definition) is 2. The minimum atomic E-state index is -0.237. The Labute approximate surface area is 183 Å². The van der Waals surface area contributed by atoms with Gasteiger partial charge in [-0.3, -0.25) is 0 Å². The van der Waals surface area contributed by atoms with Crippen molar-refractivity contribution in [3.63, 3.8) is 0 Å². The zero-order valence-electron chi connectivity index (χ0n) is 18.4. The highest BCUT2D eigenvalue weighted by Crippen LogP contribution is 2.26. The van der Waals surface area contributed by atoms with Crippen LogP contribution in [-0.2, 0) is 12.0 Å². The van der Waals surface area contributed by atoms with Crippen LogP contribution in [0.25, 0.3) is 22.4 Å². The Morgan fingerprint density at radius 2 is 1.58 bits per heavy atom. The molecule has 0 aliphatic rings. The van der Waals surface area contributed by atoms with E-state index in [-0.39, 0.29) is 11.2 Å². The zero-order chi connectivity index (χ0) is 21.8. The SMILES string of the molecule is CC(C)(C)c1ccc(OCCCCn2c(-c3ccc(F)cc3)nc3ccccc32)cc1. The highest BCUT2D eigenvalue weighted by Gasteiger charge is 2.14. The van der Waals surface area contributed by atoms with Gasteiger partial charge in [0.25, 0.3) is 0 Å². The molecule has 4 aromatic rings. The lowest BCUT2D eigenvalue weighted by atomic mass is 9.87. The van der Waals surface area contributed by atoms with E-state index in [0.29, 0.717) is 6.61 Å². The molecule has 3 nitrogen and oxygen atoms in total. The number of ether oxygens (including phenoxy) is 1. The number of aromatic nitrogens is 2. The zero-order valence-corrected chi connectivity index (χ0v) is 18.4. The summed E-state index contributed by atoms with van der Waals surface area (Å²) >= 11 is 0. The molecule has 0 unspecified atom stereocenters. The summed E-state index contributed by atoms with van der Waals surface area (Å²) in [6.07, 6.45) is 1.91. The normalized spacial score (nSPS) is 11.7. The fourth-order valence-corrected chi connectivity index (χ4v) is 3.73. The third kappa shape index (κ3) is 4.96. The van der Waals surface area contributed by atoms with Crippen molar-refractivity contribution < 1.29 is 9.13 Å². The first-order valence-corrected chi connectivity index (χ1v) is 10.9. The third-order valence-corrected chi connectivity index (χ3v) is 5.52. The number of unbranched alkanes of at least 4 members (excludes halogenated alkanes) is 1. The molecule has 4 heteroatoms. The lowest BCUT2D eigenvalue weighted by molar-refractivity contribution is 0.303. The van der Waals surface area contributed by atoms with Gasteiger partial charge in [-0.05, 0) is 72.4 Å². The van der Waals surface area contributed by atoms with E-state index in [4.69, 9.17) is 9.72 Å². The molecular formula is C27H29FN2O. The van der Waals surface area contributed by atoms with E-state index in [2.05, 4.69) is 55.7 Å². The smallest absolute Gasteiger partial charge is 0.141 e. The monoisotopic (exact) mass is 416 g/mol. The van der Waals surface area contributed by atoms with Gasteiger partial charge in [0.2, 0.25) is 0 Å². The summed E-state index contributed by atoms with van der Waals surface area (Å²) in [5.74, 6) is 1.55. The molecule has 4 rings (SSSR count). The second-order valence-corrected chi connectivity index (χ2v) is 8.91. The summed E-state index contributed by atoms with van der Waals surface area (Å²) in [6, 6.07) is 23.1. The van der Waals surface area contributed by atoms with Gasteiger partial charge in [0.1, 0.15) is 17.4 Å². The van der Waals surface area contributed by atoms with Crippen molar-refractivity contribution in [3.8, 4) is 17.1 Å². The van der Waals surface area contributed by atoms with Crippen LogP contribution < -0.4 is 4.74 Å². The Morgan fingerprint density at radius 3 is 2.29 bits per heavy atom. The Balaban J connectivity index is 1.40. The molecule has 0 saturated heterocycles. The van der Waals surface area contributed by atoms with Crippen molar-refractivity contribution >= 4 is 11.0 Å². The molecule has 0 saturated carbocycles. The highest BCUT2D eigenvalue weighted by atomic mass is 19.1. The van der Waals surface area contributed by atoms with Gasteiger partial charge in [0.15, 0.2) is 0 Å². The van der Waals surface area contributed by atoms with Crippen LogP contribution >= 0.6 is 0 Å². The minimum Gasteiger partial charge on any atom is -0.494 e. The van der Waals surface area contributed by atoms with E-state index >= 15 is 0 Å². The second-order valence-electron chi connectivity index (χ2n) is 8.91. The maximum absolute atomic E-state index is 13.4. The van der Waals surface area contributed by atoms with Crippen LogP contribution in [0.1, 0.15) is 39.2 Å². The standard InChI is InChI=1S/C27H29FN2O/c1-27(2,3)21-12-16-23(17-13-21)31-19-7-6-18-30-25-9-5-4-8-24(25)29-26(30)20-10-14-22(28)15-11-20/h4-5,8-17H,6-7,18-19H2,1-3H3. The summed E-state index contributed by atoms with van der Waals surface area (Å²) in [7, 11) is 0. The predicted molar refractivity (Wildman–Crippen MR) is 125 cm³/mol. The van der Waals surface area contributed by atoms with Gasteiger partial charge in [-0.25, -0.2) is 9.37 Å². The Bertz CT molecular complexity index is 1140. The molecule has 0 radical (unpaired) electrons. The molecular weight excluding hydrogens is 387 g/mol. The van der Waals surface area contributed by atoms with Crippen LogP contribution in [0.3, 0.4) is 0 Å². The van der Waals surface area contributed by atoms with Gasteiger partial charge in [0.05, 0.1) is 17.6 Å². The molecule has 0 atom stereocenters. The average molecular weight is 417 g/mol. The second kappa shape index (κ2) is 8.93. The number of nitrogens with zero attached hydrogens (tertiary/aromatic N) is 2. The van der Waals surface area contributed by atoms with Crippen molar-refractivity contribution in [2.75, 3.05) is 6.61 Å². The van der Waals surface area contributed by atoms with Crippen molar-refractivity contribution in [1.29, 1.82) is 0 Å². The number of hydrogen-bond donors (Lipinski definition) is 0. The average Bonchev–Trinajstić information content (AvgIpc) is 3.12. The van der Waals surface area contributed by atoms with Gasteiger partial charge in [-0.15, -0.1) is 0 Å². The van der Waals surface area contributed by atoms with E-state index in [1.54, 1.807) is 12.1 Å². The molecule has 0 fully saturated rings. The maximum atomic E-state index is 13.4. The van der Waals surface area contributed by atoms with E-state index in [1.165, 1.54) is 17.7 Å². The largest absolute Gasteiger partial charge is 0.494 e. The first kappa shape index (κ1) is 21.1. The van der Waals surface area contributed by atoms with Crippen LogP contribution in [0.15, 0.2) is 72.8 Å². The number of fused-ring (bicyclic) bond motifs is 1. The first-order valence-electron chi connectivity index (χ1n) is 10.9. The molecule has 31 heavy (non-hydrogen) atoms. The van der Waals surface area contributed by atoms with E-state index in [1.807, 2.05) is 18.2 Å². The minimum absolute atomic E-state index is 0.147. The van der Waals surface area contributed by atoms with Crippen LogP contribution in [0, 0.1) is 5.82 Å². The number of imidazole rings is 1. The molecule has 1 heterocycles. The lowest BCUT2D eigenvalue weighted by Crippen LogP contribution is -2.10. The van der Waals surface area contributed by atoms with E-state index < -0.39 is 0 Å². The first-order chi connectivity index (χ1) is 14.9. The van der Waals surface area contributed by atoms with Gasteiger partial charge in [-0.2, -0.15) is 0 Å². The molecule has 160 valence electrons. The molecule has 1 aromatic heterocycles. The molecule has 0 bridgehead atoms. The highest BCUT2D eigenvalue weighted by molar-refractivity contribution is 5.80. The summed E-state index contributed by atoms with van der Waals surface area (Å²) in [4.78, 5) is 4.80. The van der Waals surface area contributed by atoms with Crippen LogP contribution in [0.2, 0.25) is 0 Å². The van der Waals surface area contributed by atoms with E-state index in [0.717, 1.165) is 47.6 Å². The fraction of sp³-hybridized carbons (Fsp3) is 0.296. The number of halogens is 1.